The average Bonchev–Trinajstić information content (AvgIpc) is 1.61. The Hall–Kier alpha value is -0.790. The van der Waals surface area contributed by atoms with Gasteiger partial charge in [0.2, 0.25) is 0 Å². The lowest BCUT2D eigenvalue weighted by molar-refractivity contribution is -0.136. The summed E-state index contributed by atoms with van der Waals surface area (Å²) in [4.78, 5) is 9.71. The van der Waals surface area contributed by atoms with Crippen molar-refractivity contribution in [1.82, 2.24) is 0 Å². The third kappa shape index (κ3) is 8.96. The van der Waals surface area contributed by atoms with Crippen LogP contribution in [-0.4, -0.2) is 11.1 Å². The molecule has 0 aliphatic carbocycles. The van der Waals surface area contributed by atoms with Crippen molar-refractivity contribution in [3.63, 3.8) is 0 Å². The molecule has 0 radical (unpaired) electrons. The molecular weight excluding hydrogens is 104 g/mol. The summed E-state index contributed by atoms with van der Waals surface area (Å²) in [6.45, 7) is 1.79. The fourth-order valence-electron chi connectivity index (χ4n) is 0.219. The van der Waals surface area contributed by atoms with Crippen molar-refractivity contribution in [2.75, 3.05) is 0 Å². The molecule has 1 N–H and O–H groups in total. The molecule has 48 valence electrons. The van der Waals surface area contributed by atoms with E-state index in [-0.39, 0.29) is 13.8 Å². The van der Waals surface area contributed by atoms with Gasteiger partial charge < -0.3 is 5.11 Å². The van der Waals surface area contributed by atoms with Gasteiger partial charge in [-0.2, -0.15) is 0 Å². The highest BCUT2D eigenvalue weighted by Crippen LogP contribution is 1.79. The summed E-state index contributed by atoms with van der Waals surface area (Å²) < 4.78 is 0. The lowest BCUT2D eigenvalue weighted by Gasteiger charge is -1.77. The molecule has 0 unspecified atom stereocenters. The molecule has 0 amide bonds. The van der Waals surface area contributed by atoms with Crippen LogP contribution < -0.4 is 0 Å². The Kier molecular flexibility index (Phi) is 7.95. The van der Waals surface area contributed by atoms with Crippen molar-refractivity contribution < 1.29 is 9.90 Å². The molecule has 2 heteroatoms. The minimum absolute atomic E-state index is 0. The SMILES string of the molecule is C.CC=CCC(=O)O. The Bertz CT molecular complexity index is 84.5. The van der Waals surface area contributed by atoms with Crippen molar-refractivity contribution in [1.29, 1.82) is 0 Å². The first-order valence-corrected chi connectivity index (χ1v) is 2.10. The molecule has 8 heavy (non-hydrogen) atoms. The molecule has 0 saturated carbocycles. The minimum Gasteiger partial charge on any atom is -0.481 e. The van der Waals surface area contributed by atoms with Gasteiger partial charge in [-0.05, 0) is 6.92 Å². The maximum absolute atomic E-state index is 9.71. The van der Waals surface area contributed by atoms with Gasteiger partial charge in [0, 0.05) is 0 Å². The Morgan fingerprint density at radius 3 is 2.38 bits per heavy atom. The van der Waals surface area contributed by atoms with Gasteiger partial charge in [-0.25, -0.2) is 0 Å². The summed E-state index contributed by atoms with van der Waals surface area (Å²) >= 11 is 0. The van der Waals surface area contributed by atoms with Crippen LogP contribution in [0.2, 0.25) is 0 Å². The lowest BCUT2D eigenvalue weighted by Crippen LogP contribution is -1.88. The van der Waals surface area contributed by atoms with E-state index in [1.165, 1.54) is 0 Å². The number of hydrogen-bond acceptors (Lipinski definition) is 1. The van der Waals surface area contributed by atoms with Gasteiger partial charge in [-0.15, -0.1) is 0 Å². The number of carboxylic acids is 1. The summed E-state index contributed by atoms with van der Waals surface area (Å²) in [6.07, 6.45) is 3.45. The summed E-state index contributed by atoms with van der Waals surface area (Å²) in [5.74, 6) is -0.780. The van der Waals surface area contributed by atoms with Crippen molar-refractivity contribution in [3.8, 4) is 0 Å². The number of carboxylic acid groups (broad SMARTS) is 1. The molecule has 2 nitrogen and oxygen atoms in total. The standard InChI is InChI=1S/C5H8O2.CH4/c1-2-3-4-5(6)7;/h2-3H,4H2,1H3,(H,6,7);1H4. The van der Waals surface area contributed by atoms with Crippen LogP contribution >= 0.6 is 0 Å². The largest absolute Gasteiger partial charge is 0.481 e. The predicted molar refractivity (Wildman–Crippen MR) is 33.8 cm³/mol. The third-order valence-corrected chi connectivity index (χ3v) is 0.528. The molecule has 0 saturated heterocycles. The zero-order valence-electron chi connectivity index (χ0n) is 4.22. The van der Waals surface area contributed by atoms with Crippen LogP contribution in [0.3, 0.4) is 0 Å². The van der Waals surface area contributed by atoms with E-state index in [4.69, 9.17) is 5.11 Å². The highest BCUT2D eigenvalue weighted by Gasteiger charge is 1.85. The number of carbonyl (C=O) groups is 1. The maximum Gasteiger partial charge on any atom is 0.307 e. The van der Waals surface area contributed by atoms with Gasteiger partial charge in [-0.1, -0.05) is 19.6 Å². The number of hydrogen-bond donors (Lipinski definition) is 1. The first-order chi connectivity index (χ1) is 3.27. The van der Waals surface area contributed by atoms with E-state index < -0.39 is 5.97 Å². The molecule has 0 aliphatic rings. The zero-order valence-corrected chi connectivity index (χ0v) is 4.22. The second-order valence-corrected chi connectivity index (χ2v) is 1.17. The van der Waals surface area contributed by atoms with E-state index in [1.807, 2.05) is 0 Å². The van der Waals surface area contributed by atoms with Gasteiger partial charge in [0.15, 0.2) is 0 Å². The number of aliphatic carboxylic acids is 1. The van der Waals surface area contributed by atoms with Crippen molar-refractivity contribution in [3.05, 3.63) is 12.2 Å². The van der Waals surface area contributed by atoms with Crippen LogP contribution in [0.4, 0.5) is 0 Å². The van der Waals surface area contributed by atoms with E-state index >= 15 is 0 Å². The first kappa shape index (κ1) is 10.2. The summed E-state index contributed by atoms with van der Waals surface area (Å²) in [5, 5.41) is 7.99. The summed E-state index contributed by atoms with van der Waals surface area (Å²) in [5.41, 5.74) is 0. The molecule has 0 fully saturated rings. The topological polar surface area (TPSA) is 37.3 Å². The molecule has 0 rings (SSSR count). The molecule has 0 heterocycles. The van der Waals surface area contributed by atoms with Crippen molar-refractivity contribution >= 4 is 5.97 Å². The normalized spacial score (nSPS) is 8.62. The molecular formula is C6H12O2. The Labute approximate surface area is 49.8 Å². The maximum atomic E-state index is 9.71. The first-order valence-electron chi connectivity index (χ1n) is 2.10. The van der Waals surface area contributed by atoms with Gasteiger partial charge in [0.25, 0.3) is 0 Å². The van der Waals surface area contributed by atoms with Crippen LogP contribution in [0.1, 0.15) is 20.8 Å². The van der Waals surface area contributed by atoms with E-state index in [0.717, 1.165) is 0 Å². The van der Waals surface area contributed by atoms with Crippen molar-refractivity contribution in [2.45, 2.75) is 20.8 Å². The highest BCUT2D eigenvalue weighted by molar-refractivity contribution is 5.68. The van der Waals surface area contributed by atoms with Crippen LogP contribution in [0.5, 0.6) is 0 Å². The molecule has 0 aromatic rings. The van der Waals surface area contributed by atoms with Crippen LogP contribution in [0, 0.1) is 0 Å². The van der Waals surface area contributed by atoms with Gasteiger partial charge in [0.1, 0.15) is 0 Å². The monoisotopic (exact) mass is 116 g/mol. The Morgan fingerprint density at radius 1 is 1.75 bits per heavy atom. The van der Waals surface area contributed by atoms with E-state index in [0.29, 0.717) is 0 Å². The lowest BCUT2D eigenvalue weighted by atomic mass is 10.4. The third-order valence-electron chi connectivity index (χ3n) is 0.528. The fourth-order valence-corrected chi connectivity index (χ4v) is 0.219. The quantitative estimate of drug-likeness (QED) is 0.557. The van der Waals surface area contributed by atoms with Crippen LogP contribution in [-0.2, 0) is 4.79 Å². The molecule has 0 bridgehead atoms. The molecule has 0 aromatic carbocycles. The Balaban J connectivity index is 0. The average molecular weight is 116 g/mol. The molecule has 0 aromatic heterocycles. The minimum atomic E-state index is -0.780. The van der Waals surface area contributed by atoms with E-state index in [9.17, 15) is 4.79 Å². The Morgan fingerprint density at radius 2 is 2.25 bits per heavy atom. The molecule has 0 atom stereocenters. The predicted octanol–water partition coefficient (Wildman–Crippen LogP) is 1.67. The van der Waals surface area contributed by atoms with E-state index in [2.05, 4.69) is 0 Å². The molecule has 0 aliphatic heterocycles. The van der Waals surface area contributed by atoms with Gasteiger partial charge in [-0.3, -0.25) is 4.79 Å². The zero-order chi connectivity index (χ0) is 5.70. The summed E-state index contributed by atoms with van der Waals surface area (Å²) in [7, 11) is 0. The number of allylic oxidation sites excluding steroid dienone is 1. The summed E-state index contributed by atoms with van der Waals surface area (Å²) in [6, 6.07) is 0. The van der Waals surface area contributed by atoms with Crippen molar-refractivity contribution in [2.24, 2.45) is 0 Å². The second-order valence-electron chi connectivity index (χ2n) is 1.17. The van der Waals surface area contributed by atoms with Gasteiger partial charge in [0.05, 0.1) is 6.42 Å². The van der Waals surface area contributed by atoms with Crippen LogP contribution in [0.25, 0.3) is 0 Å². The highest BCUT2D eigenvalue weighted by atomic mass is 16.4. The molecule has 0 spiro atoms. The fraction of sp³-hybridized carbons (Fsp3) is 0.500. The smallest absolute Gasteiger partial charge is 0.307 e. The van der Waals surface area contributed by atoms with Crippen LogP contribution in [0.15, 0.2) is 12.2 Å². The number of rotatable bonds is 2. The van der Waals surface area contributed by atoms with E-state index in [1.54, 1.807) is 19.1 Å². The second kappa shape index (κ2) is 6.21. The van der Waals surface area contributed by atoms with Gasteiger partial charge >= 0.3 is 5.97 Å².